The molecule has 2 atom stereocenters. The molecule has 1 aromatic heterocycles. The van der Waals surface area contributed by atoms with Crippen LogP contribution in [0.4, 0.5) is 0 Å². The van der Waals surface area contributed by atoms with Crippen LogP contribution < -0.4 is 4.74 Å². The molecule has 6 nitrogen and oxygen atoms in total. The molecule has 0 aliphatic heterocycles. The number of rotatable bonds is 12. The van der Waals surface area contributed by atoms with Crippen LogP contribution in [0.5, 0.6) is 5.75 Å². The monoisotopic (exact) mass is 460 g/mol. The van der Waals surface area contributed by atoms with Crippen LogP contribution in [0.15, 0.2) is 60.7 Å². The van der Waals surface area contributed by atoms with E-state index in [1.54, 1.807) is 6.92 Å². The van der Waals surface area contributed by atoms with E-state index in [4.69, 9.17) is 15.3 Å². The summed E-state index contributed by atoms with van der Waals surface area (Å²) in [6.07, 6.45) is 1.13. The number of aryl methyl sites for hydroxylation is 1. The normalized spacial score (nSPS) is 12.7. The molecule has 3 N–H and O–H groups in total. The topological polar surface area (TPSA) is 103 Å². The van der Waals surface area contributed by atoms with Gasteiger partial charge in [0, 0.05) is 30.1 Å². The number of aromatic amines is 1. The first kappa shape index (κ1) is 25.0. The molecule has 6 heteroatoms. The first-order chi connectivity index (χ1) is 16.3. The minimum Gasteiger partial charge on any atom is -0.489 e. The number of carbonyl (C=O) groups excluding carboxylic acids is 1. The van der Waals surface area contributed by atoms with Gasteiger partial charge in [0.15, 0.2) is 5.78 Å². The Balaban J connectivity index is 1.58. The lowest BCUT2D eigenvalue weighted by molar-refractivity contribution is -0.141. The maximum absolute atomic E-state index is 12.8. The molecule has 2 aromatic carbocycles. The fraction of sp³-hybridized carbons (Fsp3) is 0.321. The summed E-state index contributed by atoms with van der Waals surface area (Å²) in [5.41, 5.74) is 4.76. The highest BCUT2D eigenvalue weighted by Crippen LogP contribution is 2.23. The van der Waals surface area contributed by atoms with Gasteiger partial charge in [0.25, 0.3) is 0 Å². The maximum Gasteiger partial charge on any atom is 0.306 e. The van der Waals surface area contributed by atoms with Crippen molar-refractivity contribution < 1.29 is 19.4 Å². The summed E-state index contributed by atoms with van der Waals surface area (Å²) in [6, 6.07) is 19.2. The predicted molar refractivity (Wildman–Crippen MR) is 133 cm³/mol. The van der Waals surface area contributed by atoms with Crippen molar-refractivity contribution in [1.29, 1.82) is 5.41 Å². The summed E-state index contributed by atoms with van der Waals surface area (Å²) >= 11 is 0. The standard InChI is InChI=1S/C28H32N2O4/c1-4-24(25-14-11-22(30-25)15-19(3)28(32)33)27(29)26(31)16-20-9-12-23(13-10-20)34-17-21-8-6-5-7-18(21)2/h5-14,19,24,29-30H,4,15-17H2,1-3H3,(H,32,33). The average Bonchev–Trinajstić information content (AvgIpc) is 3.27. The minimum absolute atomic E-state index is 0.0575. The van der Waals surface area contributed by atoms with Gasteiger partial charge in [0.2, 0.25) is 0 Å². The molecule has 0 radical (unpaired) electrons. The number of carboxylic acid groups (broad SMARTS) is 1. The summed E-state index contributed by atoms with van der Waals surface area (Å²) in [6.45, 7) is 6.13. The number of carbonyl (C=O) groups is 2. The van der Waals surface area contributed by atoms with Crippen molar-refractivity contribution in [1.82, 2.24) is 4.98 Å². The van der Waals surface area contributed by atoms with Gasteiger partial charge in [-0.05, 0) is 54.3 Å². The van der Waals surface area contributed by atoms with Gasteiger partial charge in [0.1, 0.15) is 12.4 Å². The number of carboxylic acids is 1. The van der Waals surface area contributed by atoms with Gasteiger partial charge < -0.3 is 20.2 Å². The number of ether oxygens (including phenoxy) is 1. The second kappa shape index (κ2) is 11.5. The highest BCUT2D eigenvalue weighted by molar-refractivity contribution is 6.40. The van der Waals surface area contributed by atoms with Crippen LogP contribution in [0, 0.1) is 18.3 Å². The zero-order chi connectivity index (χ0) is 24.7. The summed E-state index contributed by atoms with van der Waals surface area (Å²) < 4.78 is 5.87. The molecule has 0 saturated heterocycles. The second-order valence-corrected chi connectivity index (χ2v) is 8.72. The largest absolute Gasteiger partial charge is 0.489 e. The Morgan fingerprint density at radius 2 is 1.76 bits per heavy atom. The van der Waals surface area contributed by atoms with Gasteiger partial charge in [-0.15, -0.1) is 0 Å². The van der Waals surface area contributed by atoms with Crippen molar-refractivity contribution in [2.24, 2.45) is 5.92 Å². The first-order valence-corrected chi connectivity index (χ1v) is 11.6. The molecule has 0 amide bonds. The molecule has 0 spiro atoms. The van der Waals surface area contributed by atoms with E-state index < -0.39 is 11.9 Å². The minimum atomic E-state index is -0.849. The van der Waals surface area contributed by atoms with E-state index in [1.165, 1.54) is 5.56 Å². The Labute approximate surface area is 200 Å². The maximum atomic E-state index is 12.8. The van der Waals surface area contributed by atoms with Gasteiger partial charge in [-0.25, -0.2) is 0 Å². The number of Topliss-reactive ketones (excluding diaryl/α,β-unsaturated/α-hetero) is 1. The van der Waals surface area contributed by atoms with Crippen molar-refractivity contribution in [3.05, 3.63) is 88.7 Å². The third-order valence-electron chi connectivity index (χ3n) is 6.09. The van der Waals surface area contributed by atoms with Crippen LogP contribution in [-0.2, 0) is 29.0 Å². The quantitative estimate of drug-likeness (QED) is 0.311. The molecule has 178 valence electrons. The number of nitrogens with one attached hydrogen (secondary N) is 2. The number of H-pyrrole nitrogens is 1. The highest BCUT2D eigenvalue weighted by atomic mass is 16.5. The lowest BCUT2D eigenvalue weighted by atomic mass is 9.91. The number of aromatic nitrogens is 1. The van der Waals surface area contributed by atoms with Crippen LogP contribution in [0.2, 0.25) is 0 Å². The van der Waals surface area contributed by atoms with Gasteiger partial charge in [-0.1, -0.05) is 50.2 Å². The molecule has 0 fully saturated rings. The SMILES string of the molecule is CCC(C(=N)C(=O)Cc1ccc(OCc2ccccc2C)cc1)c1ccc(CC(C)C(=O)O)[nH]1. The van der Waals surface area contributed by atoms with E-state index >= 15 is 0 Å². The lowest BCUT2D eigenvalue weighted by Crippen LogP contribution is -2.23. The number of ketones is 1. The van der Waals surface area contributed by atoms with Gasteiger partial charge >= 0.3 is 5.97 Å². The van der Waals surface area contributed by atoms with Crippen molar-refractivity contribution in [2.45, 2.75) is 52.6 Å². The van der Waals surface area contributed by atoms with Gasteiger partial charge in [0.05, 0.1) is 11.6 Å². The van der Waals surface area contributed by atoms with E-state index in [0.29, 0.717) is 19.4 Å². The molecular weight excluding hydrogens is 428 g/mol. The van der Waals surface area contributed by atoms with E-state index in [2.05, 4.69) is 18.0 Å². The summed E-state index contributed by atoms with van der Waals surface area (Å²) in [5, 5.41) is 17.6. The zero-order valence-corrected chi connectivity index (χ0v) is 19.9. The number of hydrogen-bond acceptors (Lipinski definition) is 4. The fourth-order valence-corrected chi connectivity index (χ4v) is 3.89. The third kappa shape index (κ3) is 6.44. The molecule has 0 bridgehead atoms. The Morgan fingerprint density at radius 3 is 2.41 bits per heavy atom. The molecule has 2 unspecified atom stereocenters. The molecular formula is C28H32N2O4. The predicted octanol–water partition coefficient (Wildman–Crippen LogP) is 5.49. The second-order valence-electron chi connectivity index (χ2n) is 8.72. The highest BCUT2D eigenvalue weighted by Gasteiger charge is 2.23. The Kier molecular flexibility index (Phi) is 8.41. The lowest BCUT2D eigenvalue weighted by Gasteiger charge is -2.15. The molecule has 34 heavy (non-hydrogen) atoms. The van der Waals surface area contributed by atoms with E-state index in [1.807, 2.05) is 61.5 Å². The number of benzene rings is 2. The van der Waals surface area contributed by atoms with Crippen molar-refractivity contribution in [3.63, 3.8) is 0 Å². The molecule has 0 aliphatic carbocycles. The Bertz CT molecular complexity index is 1150. The van der Waals surface area contributed by atoms with E-state index in [0.717, 1.165) is 28.3 Å². The zero-order valence-electron chi connectivity index (χ0n) is 19.9. The van der Waals surface area contributed by atoms with Crippen LogP contribution in [0.25, 0.3) is 0 Å². The van der Waals surface area contributed by atoms with Crippen LogP contribution in [0.1, 0.15) is 54.3 Å². The van der Waals surface area contributed by atoms with Crippen molar-refractivity contribution in [2.75, 3.05) is 0 Å². The molecule has 3 rings (SSSR count). The fourth-order valence-electron chi connectivity index (χ4n) is 3.89. The first-order valence-electron chi connectivity index (χ1n) is 11.6. The van der Waals surface area contributed by atoms with Crippen molar-refractivity contribution >= 4 is 17.5 Å². The summed E-state index contributed by atoms with van der Waals surface area (Å²) in [5.74, 6) is -1.20. The number of aliphatic carboxylic acids is 1. The molecule has 0 aliphatic rings. The number of hydrogen-bond donors (Lipinski definition) is 3. The van der Waals surface area contributed by atoms with E-state index in [9.17, 15) is 9.59 Å². The smallest absolute Gasteiger partial charge is 0.306 e. The van der Waals surface area contributed by atoms with Crippen LogP contribution in [-0.4, -0.2) is 27.6 Å². The third-order valence-corrected chi connectivity index (χ3v) is 6.09. The summed E-state index contributed by atoms with van der Waals surface area (Å²) in [4.78, 5) is 27.2. The Morgan fingerprint density at radius 1 is 1.06 bits per heavy atom. The average molecular weight is 461 g/mol. The van der Waals surface area contributed by atoms with Gasteiger partial charge in [-0.2, -0.15) is 0 Å². The molecule has 0 saturated carbocycles. The Hall–Kier alpha value is -3.67. The van der Waals surface area contributed by atoms with Crippen LogP contribution in [0.3, 0.4) is 0 Å². The molecule has 1 heterocycles. The van der Waals surface area contributed by atoms with Crippen molar-refractivity contribution in [3.8, 4) is 5.75 Å². The van der Waals surface area contributed by atoms with E-state index in [-0.39, 0.29) is 23.8 Å². The summed E-state index contributed by atoms with van der Waals surface area (Å²) in [7, 11) is 0. The van der Waals surface area contributed by atoms with Crippen LogP contribution >= 0.6 is 0 Å². The molecule has 3 aromatic rings. The van der Waals surface area contributed by atoms with Gasteiger partial charge in [-0.3, -0.25) is 9.59 Å².